The van der Waals surface area contributed by atoms with Gasteiger partial charge < -0.3 is 0 Å². The van der Waals surface area contributed by atoms with Gasteiger partial charge in [-0.15, -0.1) is 11.3 Å². The number of hydrogen-bond donors (Lipinski definition) is 0. The first-order chi connectivity index (χ1) is 8.86. The summed E-state index contributed by atoms with van der Waals surface area (Å²) in [6, 6.07) is 0. The van der Waals surface area contributed by atoms with Crippen LogP contribution in [0.2, 0.25) is 0 Å². The average molecular weight is 279 g/mol. The molecule has 1 fully saturated rings. The van der Waals surface area contributed by atoms with E-state index < -0.39 is 0 Å². The maximum Gasteiger partial charge on any atom is 0.142 e. The molecule has 1 heterocycles. The molecule has 1 aliphatic rings. The van der Waals surface area contributed by atoms with Crippen molar-refractivity contribution in [3.63, 3.8) is 0 Å². The zero-order chi connectivity index (χ0) is 14.0. The first kappa shape index (κ1) is 14.7. The van der Waals surface area contributed by atoms with Gasteiger partial charge in [-0.25, -0.2) is 4.98 Å². The molecule has 0 spiro atoms. The molecule has 0 saturated heterocycles. The molecule has 0 radical (unpaired) electrons. The van der Waals surface area contributed by atoms with Crippen LogP contribution in [0.25, 0.3) is 0 Å². The van der Waals surface area contributed by atoms with Gasteiger partial charge in [-0.2, -0.15) is 0 Å². The summed E-state index contributed by atoms with van der Waals surface area (Å²) < 4.78 is 0. The van der Waals surface area contributed by atoms with Gasteiger partial charge in [-0.05, 0) is 43.9 Å². The summed E-state index contributed by atoms with van der Waals surface area (Å²) in [6.07, 6.45) is 5.10. The zero-order valence-corrected chi connectivity index (χ0v) is 13.3. The van der Waals surface area contributed by atoms with E-state index in [4.69, 9.17) is 0 Å². The minimum atomic E-state index is 0.280. The van der Waals surface area contributed by atoms with Crippen molar-refractivity contribution in [3.8, 4) is 0 Å². The molecular weight excluding hydrogens is 254 g/mol. The lowest BCUT2D eigenvalue weighted by atomic mass is 9.69. The van der Waals surface area contributed by atoms with Gasteiger partial charge in [-0.1, -0.05) is 20.8 Å². The fraction of sp³-hybridized carbons (Fsp3) is 0.750. The summed E-state index contributed by atoms with van der Waals surface area (Å²) in [4.78, 5) is 16.7. The second-order valence-corrected chi connectivity index (χ2v) is 7.88. The Morgan fingerprint density at radius 1 is 1.32 bits per heavy atom. The third-order valence-corrected chi connectivity index (χ3v) is 5.37. The third-order valence-electron chi connectivity index (χ3n) is 4.40. The highest BCUT2D eigenvalue weighted by molar-refractivity contribution is 7.09. The fourth-order valence-corrected chi connectivity index (χ4v) is 3.84. The van der Waals surface area contributed by atoms with Crippen molar-refractivity contribution >= 4 is 17.1 Å². The minimum Gasteiger partial charge on any atom is -0.299 e. The number of aryl methyl sites for hydroxylation is 1. The molecule has 106 valence electrons. The van der Waals surface area contributed by atoms with E-state index in [0.29, 0.717) is 17.6 Å². The molecule has 0 aromatic carbocycles. The SMILES string of the molecule is Cc1csc(CC(=O)C2CCC(C(C)(C)C)CC2)n1. The monoisotopic (exact) mass is 279 g/mol. The first-order valence-electron chi connectivity index (χ1n) is 7.30. The van der Waals surface area contributed by atoms with Crippen LogP contribution < -0.4 is 0 Å². The van der Waals surface area contributed by atoms with Gasteiger partial charge in [0.15, 0.2) is 0 Å². The van der Waals surface area contributed by atoms with Gasteiger partial charge in [0.1, 0.15) is 10.8 Å². The molecule has 0 bridgehead atoms. The largest absolute Gasteiger partial charge is 0.299 e. The molecule has 0 amide bonds. The lowest BCUT2D eigenvalue weighted by molar-refractivity contribution is -0.123. The highest BCUT2D eigenvalue weighted by Crippen LogP contribution is 2.40. The molecule has 1 aromatic rings. The molecule has 0 N–H and O–H groups in total. The lowest BCUT2D eigenvalue weighted by Gasteiger charge is -2.36. The fourth-order valence-electron chi connectivity index (χ4n) is 3.06. The van der Waals surface area contributed by atoms with Crippen molar-refractivity contribution in [2.24, 2.45) is 17.3 Å². The molecule has 2 rings (SSSR count). The second-order valence-electron chi connectivity index (χ2n) is 6.94. The van der Waals surface area contributed by atoms with Crippen LogP contribution in [0, 0.1) is 24.2 Å². The molecule has 3 heteroatoms. The molecule has 19 heavy (non-hydrogen) atoms. The molecule has 1 aliphatic carbocycles. The molecule has 1 saturated carbocycles. The van der Waals surface area contributed by atoms with Crippen molar-refractivity contribution in [1.82, 2.24) is 4.98 Å². The van der Waals surface area contributed by atoms with E-state index in [0.717, 1.165) is 29.5 Å². The standard InChI is InChI=1S/C16H25NOS/c1-11-10-19-15(17-11)9-14(18)12-5-7-13(8-6-12)16(2,3)4/h10,12-13H,5-9H2,1-4H3. The average Bonchev–Trinajstić information content (AvgIpc) is 2.74. The Balaban J connectivity index is 1.86. The van der Waals surface area contributed by atoms with Crippen LogP contribution in [0.4, 0.5) is 0 Å². The molecule has 0 unspecified atom stereocenters. The second kappa shape index (κ2) is 5.74. The number of ketones is 1. The van der Waals surface area contributed by atoms with Crippen LogP contribution in [0.3, 0.4) is 0 Å². The number of Topliss-reactive ketones (excluding diaryl/α,β-unsaturated/α-hetero) is 1. The summed E-state index contributed by atoms with van der Waals surface area (Å²) in [5, 5.41) is 3.01. The molecular formula is C16H25NOS. The molecule has 2 nitrogen and oxygen atoms in total. The van der Waals surface area contributed by atoms with Crippen LogP contribution in [-0.4, -0.2) is 10.8 Å². The number of carbonyl (C=O) groups is 1. The number of rotatable bonds is 3. The quantitative estimate of drug-likeness (QED) is 0.820. The summed E-state index contributed by atoms with van der Waals surface area (Å²) in [6.45, 7) is 8.94. The van der Waals surface area contributed by atoms with Gasteiger partial charge >= 0.3 is 0 Å². The van der Waals surface area contributed by atoms with Gasteiger partial charge in [0.05, 0.1) is 6.42 Å². The Bertz CT molecular complexity index is 436. The predicted molar refractivity (Wildman–Crippen MR) is 80.5 cm³/mol. The highest BCUT2D eigenvalue weighted by Gasteiger charge is 2.32. The highest BCUT2D eigenvalue weighted by atomic mass is 32.1. The Morgan fingerprint density at radius 2 is 1.95 bits per heavy atom. The Hall–Kier alpha value is -0.700. The van der Waals surface area contributed by atoms with Gasteiger partial charge in [0, 0.05) is 17.0 Å². The van der Waals surface area contributed by atoms with Crippen LogP contribution in [-0.2, 0) is 11.2 Å². The number of thiazole rings is 1. The summed E-state index contributed by atoms with van der Waals surface area (Å²) in [7, 11) is 0. The minimum absolute atomic E-state index is 0.280. The summed E-state index contributed by atoms with van der Waals surface area (Å²) >= 11 is 1.61. The summed E-state index contributed by atoms with van der Waals surface area (Å²) in [5.74, 6) is 1.46. The Morgan fingerprint density at radius 3 is 2.42 bits per heavy atom. The van der Waals surface area contributed by atoms with Gasteiger partial charge in [0.25, 0.3) is 0 Å². The Kier molecular flexibility index (Phi) is 4.44. The van der Waals surface area contributed by atoms with Crippen molar-refractivity contribution < 1.29 is 4.79 Å². The van der Waals surface area contributed by atoms with Crippen LogP contribution >= 0.6 is 11.3 Å². The topological polar surface area (TPSA) is 30.0 Å². The van der Waals surface area contributed by atoms with E-state index >= 15 is 0 Å². The van der Waals surface area contributed by atoms with Crippen LogP contribution in [0.1, 0.15) is 57.2 Å². The smallest absolute Gasteiger partial charge is 0.142 e. The normalized spacial score (nSPS) is 24.4. The predicted octanol–water partition coefficient (Wildman–Crippen LogP) is 4.42. The van der Waals surface area contributed by atoms with E-state index in [1.807, 2.05) is 12.3 Å². The van der Waals surface area contributed by atoms with Crippen LogP contribution in [0.5, 0.6) is 0 Å². The number of nitrogens with zero attached hydrogens (tertiary/aromatic N) is 1. The van der Waals surface area contributed by atoms with E-state index in [1.165, 1.54) is 12.8 Å². The van der Waals surface area contributed by atoms with E-state index in [-0.39, 0.29) is 5.92 Å². The van der Waals surface area contributed by atoms with E-state index in [9.17, 15) is 4.79 Å². The number of hydrogen-bond acceptors (Lipinski definition) is 3. The summed E-state index contributed by atoms with van der Waals surface area (Å²) in [5.41, 5.74) is 1.42. The van der Waals surface area contributed by atoms with Gasteiger partial charge in [-0.3, -0.25) is 4.79 Å². The third kappa shape index (κ3) is 3.88. The van der Waals surface area contributed by atoms with Crippen molar-refractivity contribution in [2.45, 2.75) is 59.8 Å². The number of carbonyl (C=O) groups excluding carboxylic acids is 1. The maximum atomic E-state index is 12.3. The van der Waals surface area contributed by atoms with Gasteiger partial charge in [0.2, 0.25) is 0 Å². The lowest BCUT2D eigenvalue weighted by Crippen LogP contribution is -2.29. The molecule has 0 atom stereocenters. The van der Waals surface area contributed by atoms with Crippen LogP contribution in [0.15, 0.2) is 5.38 Å². The first-order valence-corrected chi connectivity index (χ1v) is 8.18. The maximum absolute atomic E-state index is 12.3. The molecule has 1 aromatic heterocycles. The molecule has 0 aliphatic heterocycles. The van der Waals surface area contributed by atoms with E-state index in [2.05, 4.69) is 25.8 Å². The number of aromatic nitrogens is 1. The van der Waals surface area contributed by atoms with Crippen molar-refractivity contribution in [3.05, 3.63) is 16.1 Å². The van der Waals surface area contributed by atoms with Crippen molar-refractivity contribution in [1.29, 1.82) is 0 Å². The Labute approximate surface area is 120 Å². The zero-order valence-electron chi connectivity index (χ0n) is 12.5. The van der Waals surface area contributed by atoms with Crippen molar-refractivity contribution in [2.75, 3.05) is 0 Å². The van der Waals surface area contributed by atoms with E-state index in [1.54, 1.807) is 11.3 Å².